The van der Waals surface area contributed by atoms with E-state index in [2.05, 4.69) is 0 Å². The Kier molecular flexibility index (Phi) is 4.52. The molecule has 0 radical (unpaired) electrons. The minimum Gasteiger partial charge on any atom is -0.341 e. The van der Waals surface area contributed by atoms with E-state index in [1.807, 2.05) is 20.8 Å². The molecule has 1 rings (SSSR count). The lowest BCUT2D eigenvalue weighted by Gasteiger charge is -2.26. The SMILES string of the molecule is CN(CC(C)(C)C)C(=O)c1cc([N+](=O)[O-])ccc1Cl. The van der Waals surface area contributed by atoms with Gasteiger partial charge in [-0.1, -0.05) is 32.4 Å². The van der Waals surface area contributed by atoms with E-state index >= 15 is 0 Å². The largest absolute Gasteiger partial charge is 0.341 e. The van der Waals surface area contributed by atoms with Gasteiger partial charge < -0.3 is 4.90 Å². The zero-order valence-electron chi connectivity index (χ0n) is 11.4. The number of benzene rings is 1. The van der Waals surface area contributed by atoms with Crippen LogP contribution < -0.4 is 0 Å². The fraction of sp³-hybridized carbons (Fsp3) is 0.462. The summed E-state index contributed by atoms with van der Waals surface area (Å²) in [6.45, 7) is 6.55. The van der Waals surface area contributed by atoms with E-state index in [1.165, 1.54) is 23.1 Å². The normalized spacial score (nSPS) is 11.2. The maximum Gasteiger partial charge on any atom is 0.270 e. The van der Waals surface area contributed by atoms with E-state index < -0.39 is 4.92 Å². The first-order valence-corrected chi connectivity index (χ1v) is 6.19. The Balaban J connectivity index is 3.05. The number of halogens is 1. The molecule has 1 amide bonds. The van der Waals surface area contributed by atoms with Crippen molar-refractivity contribution in [3.63, 3.8) is 0 Å². The molecule has 1 aromatic carbocycles. The predicted octanol–water partition coefficient (Wildman–Crippen LogP) is 3.37. The van der Waals surface area contributed by atoms with Crippen molar-refractivity contribution in [3.05, 3.63) is 38.9 Å². The monoisotopic (exact) mass is 284 g/mol. The fourth-order valence-electron chi connectivity index (χ4n) is 1.78. The average Bonchev–Trinajstić information content (AvgIpc) is 2.26. The summed E-state index contributed by atoms with van der Waals surface area (Å²) in [6, 6.07) is 3.87. The van der Waals surface area contributed by atoms with Crippen LogP contribution in [0.25, 0.3) is 0 Å². The van der Waals surface area contributed by atoms with Crippen LogP contribution in [-0.2, 0) is 0 Å². The van der Waals surface area contributed by atoms with Gasteiger partial charge in [0.15, 0.2) is 0 Å². The standard InChI is InChI=1S/C13H17ClN2O3/c1-13(2,3)8-15(4)12(17)10-7-9(16(18)19)5-6-11(10)14/h5-7H,8H2,1-4H3. The molecule has 0 aliphatic carbocycles. The lowest BCUT2D eigenvalue weighted by Crippen LogP contribution is -2.34. The van der Waals surface area contributed by atoms with Crippen molar-refractivity contribution in [1.82, 2.24) is 4.90 Å². The van der Waals surface area contributed by atoms with Gasteiger partial charge in [-0.3, -0.25) is 14.9 Å². The number of hydrogen-bond donors (Lipinski definition) is 0. The summed E-state index contributed by atoms with van der Waals surface area (Å²) in [7, 11) is 1.66. The molecule has 5 nitrogen and oxygen atoms in total. The van der Waals surface area contributed by atoms with Crippen molar-refractivity contribution in [1.29, 1.82) is 0 Å². The summed E-state index contributed by atoms with van der Waals surface area (Å²) in [6.07, 6.45) is 0. The molecular weight excluding hydrogens is 268 g/mol. The highest BCUT2D eigenvalue weighted by Crippen LogP contribution is 2.24. The highest BCUT2D eigenvalue weighted by molar-refractivity contribution is 6.33. The van der Waals surface area contributed by atoms with Gasteiger partial charge >= 0.3 is 0 Å². The Morgan fingerprint density at radius 1 is 1.42 bits per heavy atom. The van der Waals surface area contributed by atoms with Gasteiger partial charge in [0.2, 0.25) is 0 Å². The molecule has 0 atom stereocenters. The minimum atomic E-state index is -0.545. The summed E-state index contributed by atoms with van der Waals surface area (Å²) in [4.78, 5) is 23.9. The molecular formula is C13H17ClN2O3. The van der Waals surface area contributed by atoms with Gasteiger partial charge in [-0.25, -0.2) is 0 Å². The van der Waals surface area contributed by atoms with Crippen molar-refractivity contribution in [2.75, 3.05) is 13.6 Å². The predicted molar refractivity (Wildman–Crippen MR) is 74.5 cm³/mol. The van der Waals surface area contributed by atoms with Crippen LogP contribution in [-0.4, -0.2) is 29.3 Å². The van der Waals surface area contributed by atoms with E-state index in [1.54, 1.807) is 7.05 Å². The van der Waals surface area contributed by atoms with Crippen LogP contribution in [0.3, 0.4) is 0 Å². The molecule has 0 heterocycles. The maximum atomic E-state index is 12.2. The molecule has 0 bridgehead atoms. The van der Waals surface area contributed by atoms with Crippen LogP contribution >= 0.6 is 11.6 Å². The lowest BCUT2D eigenvalue weighted by atomic mass is 9.96. The van der Waals surface area contributed by atoms with Gasteiger partial charge in [0.1, 0.15) is 0 Å². The third-order valence-electron chi connectivity index (χ3n) is 2.45. The molecule has 0 unspecified atom stereocenters. The Morgan fingerprint density at radius 3 is 2.47 bits per heavy atom. The third-order valence-corrected chi connectivity index (χ3v) is 2.78. The van der Waals surface area contributed by atoms with Crippen LogP contribution in [0, 0.1) is 15.5 Å². The van der Waals surface area contributed by atoms with Crippen molar-refractivity contribution in [2.45, 2.75) is 20.8 Å². The maximum absolute atomic E-state index is 12.2. The zero-order valence-corrected chi connectivity index (χ0v) is 12.2. The van der Waals surface area contributed by atoms with Crippen molar-refractivity contribution in [2.24, 2.45) is 5.41 Å². The second-order valence-corrected chi connectivity index (χ2v) is 6.05. The number of nitrogens with zero attached hydrogens (tertiary/aromatic N) is 2. The quantitative estimate of drug-likeness (QED) is 0.631. The number of nitro benzene ring substituents is 1. The number of amides is 1. The van der Waals surface area contributed by atoms with Gasteiger partial charge in [0.05, 0.1) is 15.5 Å². The number of nitro groups is 1. The Bertz CT molecular complexity index is 509. The number of rotatable bonds is 3. The number of non-ortho nitro benzene ring substituents is 1. The molecule has 0 saturated heterocycles. The summed E-state index contributed by atoms with van der Waals surface area (Å²) >= 11 is 5.94. The van der Waals surface area contributed by atoms with E-state index in [4.69, 9.17) is 11.6 Å². The van der Waals surface area contributed by atoms with E-state index in [0.29, 0.717) is 6.54 Å². The Morgan fingerprint density at radius 2 is 2.00 bits per heavy atom. The number of carbonyl (C=O) groups excluding carboxylic acids is 1. The average molecular weight is 285 g/mol. The summed E-state index contributed by atoms with van der Waals surface area (Å²) in [5, 5.41) is 10.9. The van der Waals surface area contributed by atoms with Crippen molar-refractivity contribution in [3.8, 4) is 0 Å². The molecule has 0 N–H and O–H groups in total. The molecule has 0 spiro atoms. The second-order valence-electron chi connectivity index (χ2n) is 5.64. The first-order chi connectivity index (χ1) is 8.61. The number of hydrogen-bond acceptors (Lipinski definition) is 3. The van der Waals surface area contributed by atoms with Crippen LogP contribution in [0.2, 0.25) is 5.02 Å². The topological polar surface area (TPSA) is 63.5 Å². The van der Waals surface area contributed by atoms with Crippen LogP contribution in [0.5, 0.6) is 0 Å². The van der Waals surface area contributed by atoms with Gasteiger partial charge in [0, 0.05) is 25.7 Å². The van der Waals surface area contributed by atoms with Crippen molar-refractivity contribution < 1.29 is 9.72 Å². The molecule has 0 aromatic heterocycles. The van der Waals surface area contributed by atoms with Gasteiger partial charge in [-0.05, 0) is 11.5 Å². The van der Waals surface area contributed by atoms with Crippen LogP contribution in [0.1, 0.15) is 31.1 Å². The van der Waals surface area contributed by atoms with Crippen LogP contribution in [0.15, 0.2) is 18.2 Å². The first-order valence-electron chi connectivity index (χ1n) is 5.81. The molecule has 0 aliphatic heterocycles. The molecule has 0 aliphatic rings. The highest BCUT2D eigenvalue weighted by atomic mass is 35.5. The highest BCUT2D eigenvalue weighted by Gasteiger charge is 2.22. The molecule has 0 saturated carbocycles. The molecule has 19 heavy (non-hydrogen) atoms. The van der Waals surface area contributed by atoms with E-state index in [-0.39, 0.29) is 27.6 Å². The summed E-state index contributed by atoms with van der Waals surface area (Å²) in [5.41, 5.74) is -0.0445. The van der Waals surface area contributed by atoms with Gasteiger partial charge in [-0.15, -0.1) is 0 Å². The fourth-order valence-corrected chi connectivity index (χ4v) is 1.98. The second kappa shape index (κ2) is 5.57. The van der Waals surface area contributed by atoms with Crippen molar-refractivity contribution >= 4 is 23.2 Å². The molecule has 1 aromatic rings. The smallest absolute Gasteiger partial charge is 0.270 e. The summed E-state index contributed by atoms with van der Waals surface area (Å²) < 4.78 is 0. The molecule has 104 valence electrons. The van der Waals surface area contributed by atoms with Crippen LogP contribution in [0.4, 0.5) is 5.69 Å². The summed E-state index contributed by atoms with van der Waals surface area (Å²) in [5.74, 6) is -0.316. The zero-order chi connectivity index (χ0) is 14.8. The third kappa shape index (κ3) is 4.21. The van der Waals surface area contributed by atoms with Gasteiger partial charge in [-0.2, -0.15) is 0 Å². The minimum absolute atomic E-state index is 0.0579. The van der Waals surface area contributed by atoms with E-state index in [9.17, 15) is 14.9 Å². The number of carbonyl (C=O) groups is 1. The van der Waals surface area contributed by atoms with E-state index in [0.717, 1.165) is 0 Å². The molecule has 0 fully saturated rings. The van der Waals surface area contributed by atoms with Gasteiger partial charge in [0.25, 0.3) is 11.6 Å². The Labute approximate surface area is 117 Å². The Hall–Kier alpha value is -1.62. The lowest BCUT2D eigenvalue weighted by molar-refractivity contribution is -0.384. The first kappa shape index (κ1) is 15.4. The molecule has 6 heteroatoms.